The van der Waals surface area contributed by atoms with Gasteiger partial charge in [0.2, 0.25) is 0 Å². The minimum atomic E-state index is -0.506. The lowest BCUT2D eigenvalue weighted by molar-refractivity contribution is 0.102. The molecular weight excluding hydrogens is 246 g/mol. The molecule has 0 saturated carbocycles. The van der Waals surface area contributed by atoms with Crippen LogP contribution in [0.1, 0.15) is 21.5 Å². The van der Waals surface area contributed by atoms with Gasteiger partial charge in [0.1, 0.15) is 12.0 Å². The first-order valence-corrected chi connectivity index (χ1v) is 5.68. The average molecular weight is 259 g/mol. The topological polar surface area (TPSA) is 79.5 Å². The van der Waals surface area contributed by atoms with Crippen LogP contribution >= 0.6 is 0 Å². The second-order valence-electron chi connectivity index (χ2n) is 4.25. The number of hydrogen-bond donors (Lipinski definition) is 2. The van der Waals surface area contributed by atoms with Crippen LogP contribution in [0.5, 0.6) is 5.75 Å². The van der Waals surface area contributed by atoms with Gasteiger partial charge in [-0.1, -0.05) is 0 Å². The zero-order valence-corrected chi connectivity index (χ0v) is 10.6. The van der Waals surface area contributed by atoms with Crippen molar-refractivity contribution in [3.63, 3.8) is 0 Å². The molecule has 1 heterocycles. The molecule has 5 nitrogen and oxygen atoms in total. The van der Waals surface area contributed by atoms with Gasteiger partial charge in [0, 0.05) is 11.8 Å². The van der Waals surface area contributed by atoms with Crippen molar-refractivity contribution in [3.05, 3.63) is 57.6 Å². The van der Waals surface area contributed by atoms with E-state index in [1.807, 2.05) is 0 Å². The minimum absolute atomic E-state index is 0.182. The summed E-state index contributed by atoms with van der Waals surface area (Å²) in [7, 11) is 0. The molecule has 1 aromatic heterocycles. The van der Waals surface area contributed by atoms with Gasteiger partial charge in [0.25, 0.3) is 5.91 Å². The molecule has 0 atom stereocenters. The maximum atomic E-state index is 11.9. The van der Waals surface area contributed by atoms with E-state index in [1.165, 1.54) is 12.1 Å². The van der Waals surface area contributed by atoms with Gasteiger partial charge in [-0.15, -0.1) is 0 Å². The number of rotatable bonds is 2. The Balaban J connectivity index is 2.26. The van der Waals surface area contributed by atoms with Crippen LogP contribution in [0.4, 0.5) is 5.69 Å². The van der Waals surface area contributed by atoms with E-state index in [0.717, 1.165) is 11.8 Å². The van der Waals surface area contributed by atoms with Crippen LogP contribution in [-0.4, -0.2) is 11.0 Å². The summed E-state index contributed by atoms with van der Waals surface area (Å²) in [6.45, 7) is 3.52. The Morgan fingerprint density at radius 3 is 2.58 bits per heavy atom. The maximum Gasteiger partial charge on any atom is 0.335 e. The Labute approximate surface area is 109 Å². The van der Waals surface area contributed by atoms with Crippen molar-refractivity contribution in [2.24, 2.45) is 0 Å². The van der Waals surface area contributed by atoms with Crippen LogP contribution in [0.15, 0.2) is 39.7 Å². The quantitative estimate of drug-likeness (QED) is 0.810. The van der Waals surface area contributed by atoms with E-state index >= 15 is 0 Å². The molecule has 0 saturated heterocycles. The first-order chi connectivity index (χ1) is 8.97. The van der Waals surface area contributed by atoms with Crippen molar-refractivity contribution >= 4 is 11.6 Å². The summed E-state index contributed by atoms with van der Waals surface area (Å²) in [6, 6.07) is 5.84. The Kier molecular flexibility index (Phi) is 3.37. The molecule has 1 aromatic carbocycles. The SMILES string of the molecule is Cc1cc(NC(=O)c2ccc(=O)oc2)c(C)cc1O. The molecule has 1 amide bonds. The summed E-state index contributed by atoms with van der Waals surface area (Å²) in [5.41, 5.74) is 1.76. The van der Waals surface area contributed by atoms with Gasteiger partial charge in [-0.2, -0.15) is 0 Å². The van der Waals surface area contributed by atoms with Crippen LogP contribution in [-0.2, 0) is 0 Å². The lowest BCUT2D eigenvalue weighted by atomic mass is 10.1. The third kappa shape index (κ3) is 2.82. The molecule has 0 radical (unpaired) electrons. The monoisotopic (exact) mass is 259 g/mol. The third-order valence-corrected chi connectivity index (χ3v) is 2.75. The zero-order valence-electron chi connectivity index (χ0n) is 10.6. The van der Waals surface area contributed by atoms with Crippen LogP contribution in [0.2, 0.25) is 0 Å². The van der Waals surface area contributed by atoms with E-state index in [4.69, 9.17) is 0 Å². The van der Waals surface area contributed by atoms with Crippen molar-refractivity contribution in [1.82, 2.24) is 0 Å². The summed E-state index contributed by atoms with van der Waals surface area (Å²) >= 11 is 0. The van der Waals surface area contributed by atoms with Crippen LogP contribution in [0.25, 0.3) is 0 Å². The molecule has 0 fully saturated rings. The molecule has 0 aliphatic heterocycles. The van der Waals surface area contributed by atoms with E-state index < -0.39 is 5.63 Å². The Morgan fingerprint density at radius 1 is 1.21 bits per heavy atom. The molecule has 0 spiro atoms. The molecule has 2 rings (SSSR count). The number of carbonyl (C=O) groups is 1. The maximum absolute atomic E-state index is 11.9. The first-order valence-electron chi connectivity index (χ1n) is 5.68. The van der Waals surface area contributed by atoms with E-state index in [-0.39, 0.29) is 17.2 Å². The van der Waals surface area contributed by atoms with Crippen molar-refractivity contribution in [3.8, 4) is 5.75 Å². The first kappa shape index (κ1) is 12.9. The van der Waals surface area contributed by atoms with Crippen molar-refractivity contribution < 1.29 is 14.3 Å². The predicted octanol–water partition coefficient (Wildman–Crippen LogP) is 2.21. The summed E-state index contributed by atoms with van der Waals surface area (Å²) in [5.74, 6) is -0.196. The fourth-order valence-electron chi connectivity index (χ4n) is 1.62. The van der Waals surface area contributed by atoms with Gasteiger partial charge < -0.3 is 14.8 Å². The molecule has 5 heteroatoms. The van der Waals surface area contributed by atoms with E-state index in [0.29, 0.717) is 11.3 Å². The van der Waals surface area contributed by atoms with Crippen LogP contribution in [0, 0.1) is 13.8 Å². The molecule has 0 aliphatic rings. The number of amides is 1. The average Bonchev–Trinajstić information content (AvgIpc) is 2.36. The highest BCUT2D eigenvalue weighted by Gasteiger charge is 2.10. The summed E-state index contributed by atoms with van der Waals surface area (Å²) < 4.78 is 4.63. The number of benzene rings is 1. The smallest absolute Gasteiger partial charge is 0.335 e. The highest BCUT2D eigenvalue weighted by Crippen LogP contribution is 2.25. The van der Waals surface area contributed by atoms with Gasteiger partial charge in [-0.3, -0.25) is 4.79 Å². The number of aryl methyl sites for hydroxylation is 2. The molecule has 0 unspecified atom stereocenters. The highest BCUT2D eigenvalue weighted by molar-refractivity contribution is 6.04. The van der Waals surface area contributed by atoms with Gasteiger partial charge in [0.05, 0.1) is 5.56 Å². The van der Waals surface area contributed by atoms with E-state index in [9.17, 15) is 14.7 Å². The fraction of sp³-hybridized carbons (Fsp3) is 0.143. The third-order valence-electron chi connectivity index (χ3n) is 2.75. The molecule has 2 aromatic rings. The highest BCUT2D eigenvalue weighted by atomic mass is 16.4. The van der Waals surface area contributed by atoms with E-state index in [1.54, 1.807) is 26.0 Å². The normalized spacial score (nSPS) is 10.2. The molecular formula is C14H13NO4. The van der Waals surface area contributed by atoms with Crippen molar-refractivity contribution in [1.29, 1.82) is 0 Å². The minimum Gasteiger partial charge on any atom is -0.508 e. The summed E-state index contributed by atoms with van der Waals surface area (Å²) in [5, 5.41) is 12.2. The van der Waals surface area contributed by atoms with Crippen LogP contribution < -0.4 is 10.9 Å². The lowest BCUT2D eigenvalue weighted by Crippen LogP contribution is -2.13. The molecule has 2 N–H and O–H groups in total. The largest absolute Gasteiger partial charge is 0.508 e. The Hall–Kier alpha value is -2.56. The second kappa shape index (κ2) is 4.97. The van der Waals surface area contributed by atoms with Gasteiger partial charge in [0.15, 0.2) is 0 Å². The van der Waals surface area contributed by atoms with Crippen molar-refractivity contribution in [2.45, 2.75) is 13.8 Å². The zero-order chi connectivity index (χ0) is 14.0. The van der Waals surface area contributed by atoms with E-state index in [2.05, 4.69) is 9.73 Å². The van der Waals surface area contributed by atoms with Gasteiger partial charge >= 0.3 is 5.63 Å². The van der Waals surface area contributed by atoms with Crippen molar-refractivity contribution in [2.75, 3.05) is 5.32 Å². The molecule has 0 bridgehead atoms. The number of nitrogens with one attached hydrogen (secondary N) is 1. The number of anilines is 1. The Bertz CT molecular complexity index is 668. The number of phenols is 1. The number of phenolic OH excluding ortho intramolecular Hbond substituents is 1. The number of aromatic hydroxyl groups is 1. The van der Waals surface area contributed by atoms with Crippen LogP contribution in [0.3, 0.4) is 0 Å². The Morgan fingerprint density at radius 2 is 1.95 bits per heavy atom. The van der Waals surface area contributed by atoms with Gasteiger partial charge in [-0.05, 0) is 43.2 Å². The molecule has 98 valence electrons. The molecule has 0 aliphatic carbocycles. The fourth-order valence-corrected chi connectivity index (χ4v) is 1.62. The summed E-state index contributed by atoms with van der Waals surface area (Å²) in [4.78, 5) is 22.8. The predicted molar refractivity (Wildman–Crippen MR) is 70.5 cm³/mol. The number of hydrogen-bond acceptors (Lipinski definition) is 4. The summed E-state index contributed by atoms with van der Waals surface area (Å²) in [6.07, 6.45) is 1.11. The van der Waals surface area contributed by atoms with Gasteiger partial charge in [-0.25, -0.2) is 4.79 Å². The second-order valence-corrected chi connectivity index (χ2v) is 4.25. The molecule has 19 heavy (non-hydrogen) atoms. The standard InChI is InChI=1S/C14H13NO4/c1-8-6-12(16)9(2)5-11(8)15-14(18)10-3-4-13(17)19-7-10/h3-7,16H,1-2H3,(H,15,18). The number of carbonyl (C=O) groups excluding carboxylic acids is 1. The lowest BCUT2D eigenvalue weighted by Gasteiger charge is -2.10.